The van der Waals surface area contributed by atoms with Crippen molar-refractivity contribution in [1.82, 2.24) is 15.3 Å². The fourth-order valence-corrected chi connectivity index (χ4v) is 4.45. The highest BCUT2D eigenvalue weighted by atomic mass is 32.1. The molecule has 1 aliphatic rings. The first-order valence-corrected chi connectivity index (χ1v) is 10.6. The van der Waals surface area contributed by atoms with E-state index in [1.54, 1.807) is 19.5 Å². The largest absolute Gasteiger partial charge is 0.497 e. The summed E-state index contributed by atoms with van der Waals surface area (Å²) in [6.07, 6.45) is 5.36. The molecule has 3 aromatic rings. The van der Waals surface area contributed by atoms with E-state index >= 15 is 0 Å². The number of methoxy groups -OCH3 is 1. The Hall–Kier alpha value is -2.99. The van der Waals surface area contributed by atoms with Crippen LogP contribution >= 0.6 is 12.2 Å². The van der Waals surface area contributed by atoms with Gasteiger partial charge >= 0.3 is 0 Å². The van der Waals surface area contributed by atoms with Crippen molar-refractivity contribution in [2.45, 2.75) is 24.8 Å². The van der Waals surface area contributed by atoms with Crippen molar-refractivity contribution in [3.8, 4) is 5.75 Å². The van der Waals surface area contributed by atoms with Crippen LogP contribution in [0.5, 0.6) is 5.75 Å². The summed E-state index contributed by atoms with van der Waals surface area (Å²) < 4.78 is 5.50. The van der Waals surface area contributed by atoms with Gasteiger partial charge in [0.15, 0.2) is 0 Å². The Bertz CT molecular complexity index is 973. The van der Waals surface area contributed by atoms with Gasteiger partial charge in [-0.3, -0.25) is 0 Å². The topological polar surface area (TPSA) is 50.3 Å². The highest BCUT2D eigenvalue weighted by Gasteiger charge is 2.40. The zero-order chi connectivity index (χ0) is 20.8. The molecule has 2 heterocycles. The Labute approximate surface area is 183 Å². The molecule has 6 heteroatoms. The van der Waals surface area contributed by atoms with Crippen molar-refractivity contribution in [3.63, 3.8) is 0 Å². The smallest absolute Gasteiger partial charge is 0.225 e. The second-order valence-corrected chi connectivity index (χ2v) is 7.93. The van der Waals surface area contributed by atoms with Gasteiger partial charge < -0.3 is 15.0 Å². The Kier molecular flexibility index (Phi) is 6.23. The Morgan fingerprint density at radius 2 is 1.77 bits per heavy atom. The molecule has 1 aromatic heterocycles. The van der Waals surface area contributed by atoms with Crippen molar-refractivity contribution in [2.24, 2.45) is 0 Å². The minimum absolute atomic E-state index is 0.246. The second-order valence-electron chi connectivity index (χ2n) is 7.52. The van der Waals surface area contributed by atoms with Gasteiger partial charge in [0.25, 0.3) is 0 Å². The molecule has 0 aliphatic carbocycles. The van der Waals surface area contributed by atoms with Crippen LogP contribution in [-0.2, 0) is 12.0 Å². The van der Waals surface area contributed by atoms with E-state index in [2.05, 4.69) is 56.6 Å². The summed E-state index contributed by atoms with van der Waals surface area (Å²) in [6, 6.07) is 20.5. The fraction of sp³-hybridized carbons (Fsp3) is 0.292. The molecule has 1 aliphatic heterocycles. The lowest BCUT2D eigenvalue weighted by atomic mass is 9.72. The number of hydrogen-bond acceptors (Lipinski definition) is 5. The highest BCUT2D eigenvalue weighted by Crippen LogP contribution is 2.38. The minimum Gasteiger partial charge on any atom is -0.497 e. The van der Waals surface area contributed by atoms with Gasteiger partial charge in [-0.25, -0.2) is 9.97 Å². The van der Waals surface area contributed by atoms with Gasteiger partial charge in [0.1, 0.15) is 5.75 Å². The minimum atomic E-state index is -0.246. The maximum Gasteiger partial charge on any atom is 0.225 e. The van der Waals surface area contributed by atoms with Crippen molar-refractivity contribution in [2.75, 3.05) is 25.1 Å². The van der Waals surface area contributed by atoms with Gasteiger partial charge in [-0.1, -0.05) is 54.7 Å². The molecule has 4 rings (SSSR count). The summed E-state index contributed by atoms with van der Waals surface area (Å²) >= 11 is 6.00. The molecule has 30 heavy (non-hydrogen) atoms. The summed E-state index contributed by atoms with van der Waals surface area (Å²) in [5, 5.41) is 3.54. The number of thiocarbonyl (C=S) groups is 1. The van der Waals surface area contributed by atoms with Gasteiger partial charge in [-0.2, -0.15) is 0 Å². The summed E-state index contributed by atoms with van der Waals surface area (Å²) in [5.74, 6) is 1.63. The number of nitrogens with one attached hydrogen (secondary N) is 1. The van der Waals surface area contributed by atoms with Crippen LogP contribution in [0.3, 0.4) is 0 Å². The van der Waals surface area contributed by atoms with Crippen LogP contribution < -0.4 is 15.0 Å². The lowest BCUT2D eigenvalue weighted by Gasteiger charge is -2.43. The Morgan fingerprint density at radius 3 is 2.47 bits per heavy atom. The highest BCUT2D eigenvalue weighted by molar-refractivity contribution is 7.80. The summed E-state index contributed by atoms with van der Waals surface area (Å²) in [7, 11) is 1.70. The average Bonchev–Trinajstić information content (AvgIpc) is 2.84. The Morgan fingerprint density at radius 1 is 1.03 bits per heavy atom. The van der Waals surface area contributed by atoms with E-state index in [9.17, 15) is 0 Å². The number of ether oxygens (including phenoxy) is 1. The number of rotatable bonds is 6. The average molecular weight is 419 g/mol. The molecule has 0 bridgehead atoms. The van der Waals surface area contributed by atoms with Crippen molar-refractivity contribution in [3.05, 3.63) is 84.2 Å². The molecule has 0 radical (unpaired) electrons. The van der Waals surface area contributed by atoms with E-state index in [0.29, 0.717) is 0 Å². The second kappa shape index (κ2) is 9.22. The fourth-order valence-electron chi connectivity index (χ4n) is 4.06. The molecule has 154 valence electrons. The zero-order valence-corrected chi connectivity index (χ0v) is 17.9. The van der Waals surface area contributed by atoms with Crippen LogP contribution in [0.25, 0.3) is 0 Å². The van der Waals surface area contributed by atoms with E-state index in [4.69, 9.17) is 17.0 Å². The van der Waals surface area contributed by atoms with Crippen LogP contribution in [0.1, 0.15) is 24.0 Å². The predicted molar refractivity (Wildman–Crippen MR) is 124 cm³/mol. The third kappa shape index (κ3) is 4.28. The summed E-state index contributed by atoms with van der Waals surface area (Å²) in [6.45, 7) is 2.40. The molecule has 0 atom stereocenters. The molecule has 0 spiro atoms. The van der Waals surface area contributed by atoms with E-state index in [1.807, 2.05) is 24.3 Å². The standard InChI is InChI=1S/C24H26N4OS/c1-29-21-10-5-9-20(17-21)24(22(30)27-18-19-7-3-2-4-8-19)11-15-28(16-12-24)23-25-13-6-14-26-23/h2-10,13-14,17H,11-12,15-16,18H2,1H3,(H,27,30). The van der Waals surface area contributed by atoms with Gasteiger partial charge in [0, 0.05) is 37.4 Å². The van der Waals surface area contributed by atoms with Crippen LogP contribution in [0.2, 0.25) is 0 Å². The monoisotopic (exact) mass is 418 g/mol. The molecule has 0 amide bonds. The molecular weight excluding hydrogens is 392 g/mol. The molecule has 0 unspecified atom stereocenters. The van der Waals surface area contributed by atoms with Crippen molar-refractivity contribution in [1.29, 1.82) is 0 Å². The molecule has 1 saturated heterocycles. The van der Waals surface area contributed by atoms with Gasteiger partial charge in [0.2, 0.25) is 5.95 Å². The maximum absolute atomic E-state index is 6.00. The molecule has 5 nitrogen and oxygen atoms in total. The summed E-state index contributed by atoms with van der Waals surface area (Å²) in [5.41, 5.74) is 2.17. The van der Waals surface area contributed by atoms with E-state index in [0.717, 1.165) is 49.2 Å². The number of benzene rings is 2. The number of nitrogens with zero attached hydrogens (tertiary/aromatic N) is 3. The van der Waals surface area contributed by atoms with Crippen LogP contribution in [-0.4, -0.2) is 35.2 Å². The van der Waals surface area contributed by atoms with Crippen molar-refractivity contribution >= 4 is 23.2 Å². The molecular formula is C24H26N4OS. The van der Waals surface area contributed by atoms with Crippen molar-refractivity contribution < 1.29 is 4.74 Å². The molecule has 0 saturated carbocycles. The van der Waals surface area contributed by atoms with Crippen LogP contribution in [0, 0.1) is 0 Å². The predicted octanol–water partition coefficient (Wildman–Crippen LogP) is 4.14. The first-order valence-electron chi connectivity index (χ1n) is 10.2. The molecule has 2 aromatic carbocycles. The third-order valence-corrected chi connectivity index (χ3v) is 6.34. The number of hydrogen-bond donors (Lipinski definition) is 1. The number of piperidine rings is 1. The summed E-state index contributed by atoms with van der Waals surface area (Å²) in [4.78, 5) is 12.0. The third-order valence-electron chi connectivity index (χ3n) is 5.80. The quantitative estimate of drug-likeness (QED) is 0.607. The van der Waals surface area contributed by atoms with E-state index in [1.165, 1.54) is 11.1 Å². The van der Waals surface area contributed by atoms with E-state index < -0.39 is 0 Å². The lowest BCUT2D eigenvalue weighted by molar-refractivity contribution is 0.403. The van der Waals surface area contributed by atoms with Gasteiger partial charge in [0.05, 0.1) is 12.1 Å². The lowest BCUT2D eigenvalue weighted by Crippen LogP contribution is -2.51. The normalized spacial score (nSPS) is 15.4. The molecule has 1 fully saturated rings. The number of aromatic nitrogens is 2. The Balaban J connectivity index is 1.58. The zero-order valence-electron chi connectivity index (χ0n) is 17.1. The maximum atomic E-state index is 6.00. The number of anilines is 1. The van der Waals surface area contributed by atoms with Gasteiger partial charge in [-0.05, 0) is 42.2 Å². The SMILES string of the molecule is COc1cccc(C2(C(=S)NCc3ccccc3)CCN(c3ncccn3)CC2)c1. The first kappa shape index (κ1) is 20.3. The first-order chi connectivity index (χ1) is 14.7. The van der Waals surface area contributed by atoms with Crippen LogP contribution in [0.4, 0.5) is 5.95 Å². The van der Waals surface area contributed by atoms with Gasteiger partial charge in [-0.15, -0.1) is 0 Å². The van der Waals surface area contributed by atoms with E-state index in [-0.39, 0.29) is 5.41 Å². The molecule has 1 N–H and O–H groups in total. The van der Waals surface area contributed by atoms with Crippen LogP contribution in [0.15, 0.2) is 73.1 Å².